The van der Waals surface area contributed by atoms with E-state index in [1.54, 1.807) is 12.1 Å². The maximum absolute atomic E-state index is 12.7. The molecule has 0 aliphatic heterocycles. The lowest BCUT2D eigenvalue weighted by Gasteiger charge is -2.19. The molecule has 0 radical (unpaired) electrons. The summed E-state index contributed by atoms with van der Waals surface area (Å²) in [5.74, 6) is -0.240. The molecule has 5 heteroatoms. The van der Waals surface area contributed by atoms with Crippen molar-refractivity contribution < 1.29 is 13.9 Å². The van der Waals surface area contributed by atoms with Crippen LogP contribution in [0.15, 0.2) is 24.3 Å². The first-order valence-electron chi connectivity index (χ1n) is 6.29. The first kappa shape index (κ1) is 15.4. The van der Waals surface area contributed by atoms with Crippen LogP contribution in [0.4, 0.5) is 9.18 Å². The number of alkyl carbamates (subject to hydrolysis) is 1. The highest BCUT2D eigenvalue weighted by Crippen LogP contribution is 2.06. The second kappa shape index (κ2) is 7.09. The monoisotopic (exact) mass is 268 g/mol. The van der Waals surface area contributed by atoms with Gasteiger partial charge >= 0.3 is 6.09 Å². The third kappa shape index (κ3) is 7.41. The van der Waals surface area contributed by atoms with Gasteiger partial charge in [0.15, 0.2) is 0 Å². The van der Waals surface area contributed by atoms with Crippen molar-refractivity contribution in [3.05, 3.63) is 35.6 Å². The molecular formula is C14H21FN2O2. The Morgan fingerprint density at radius 2 is 1.84 bits per heavy atom. The molecule has 0 aromatic heterocycles. The fourth-order valence-electron chi connectivity index (χ4n) is 1.40. The highest BCUT2D eigenvalue weighted by molar-refractivity contribution is 5.67. The highest BCUT2D eigenvalue weighted by atomic mass is 19.1. The van der Waals surface area contributed by atoms with Crippen LogP contribution in [0.25, 0.3) is 0 Å². The van der Waals surface area contributed by atoms with Crippen LogP contribution in [0.5, 0.6) is 0 Å². The Balaban J connectivity index is 2.11. The molecule has 106 valence electrons. The fraction of sp³-hybridized carbons (Fsp3) is 0.500. The van der Waals surface area contributed by atoms with E-state index in [1.165, 1.54) is 12.1 Å². The molecular weight excluding hydrogens is 247 g/mol. The number of benzene rings is 1. The van der Waals surface area contributed by atoms with E-state index in [2.05, 4.69) is 10.6 Å². The van der Waals surface area contributed by atoms with E-state index in [4.69, 9.17) is 4.74 Å². The Labute approximate surface area is 113 Å². The average molecular weight is 268 g/mol. The van der Waals surface area contributed by atoms with Gasteiger partial charge in [-0.3, -0.25) is 0 Å². The summed E-state index contributed by atoms with van der Waals surface area (Å²) < 4.78 is 17.8. The standard InChI is InChI=1S/C14H21FN2O2/c1-14(2,3)19-13(18)17-9-8-16-10-11-4-6-12(15)7-5-11/h4-7,16H,8-10H2,1-3H3,(H,17,18). The van der Waals surface area contributed by atoms with Crippen LogP contribution in [0, 0.1) is 5.82 Å². The molecule has 1 aromatic carbocycles. The van der Waals surface area contributed by atoms with Crippen molar-refractivity contribution >= 4 is 6.09 Å². The number of amides is 1. The van der Waals surface area contributed by atoms with Gasteiger partial charge in [0, 0.05) is 19.6 Å². The van der Waals surface area contributed by atoms with Crippen LogP contribution in [0.3, 0.4) is 0 Å². The summed E-state index contributed by atoms with van der Waals surface area (Å²) in [6, 6.07) is 6.30. The van der Waals surface area contributed by atoms with E-state index >= 15 is 0 Å². The first-order chi connectivity index (χ1) is 8.87. The van der Waals surface area contributed by atoms with E-state index in [0.717, 1.165) is 5.56 Å². The van der Waals surface area contributed by atoms with Gasteiger partial charge in [0.05, 0.1) is 0 Å². The van der Waals surface area contributed by atoms with Crippen molar-refractivity contribution in [2.75, 3.05) is 13.1 Å². The van der Waals surface area contributed by atoms with Gasteiger partial charge in [0.1, 0.15) is 11.4 Å². The number of nitrogens with one attached hydrogen (secondary N) is 2. The lowest BCUT2D eigenvalue weighted by atomic mass is 10.2. The molecule has 2 N–H and O–H groups in total. The normalized spacial score (nSPS) is 11.2. The Morgan fingerprint density at radius 3 is 2.42 bits per heavy atom. The zero-order valence-corrected chi connectivity index (χ0v) is 11.6. The predicted octanol–water partition coefficient (Wildman–Crippen LogP) is 2.44. The van der Waals surface area contributed by atoms with E-state index < -0.39 is 11.7 Å². The average Bonchev–Trinajstić information content (AvgIpc) is 2.29. The molecule has 0 spiro atoms. The van der Waals surface area contributed by atoms with Crippen molar-refractivity contribution in [1.29, 1.82) is 0 Å². The van der Waals surface area contributed by atoms with Crippen LogP contribution in [0.1, 0.15) is 26.3 Å². The Kier molecular flexibility index (Phi) is 5.76. The topological polar surface area (TPSA) is 50.4 Å². The van der Waals surface area contributed by atoms with Gasteiger partial charge in [-0.1, -0.05) is 12.1 Å². The smallest absolute Gasteiger partial charge is 0.407 e. The molecule has 0 saturated carbocycles. The van der Waals surface area contributed by atoms with Crippen LogP contribution in [-0.2, 0) is 11.3 Å². The van der Waals surface area contributed by atoms with E-state index in [9.17, 15) is 9.18 Å². The maximum atomic E-state index is 12.7. The van der Waals surface area contributed by atoms with Crippen molar-refractivity contribution in [3.63, 3.8) is 0 Å². The summed E-state index contributed by atoms with van der Waals surface area (Å²) in [7, 11) is 0. The number of hydrogen-bond acceptors (Lipinski definition) is 3. The van der Waals surface area contributed by atoms with Crippen molar-refractivity contribution in [2.45, 2.75) is 32.9 Å². The molecule has 0 bridgehead atoms. The van der Waals surface area contributed by atoms with Crippen molar-refractivity contribution in [3.8, 4) is 0 Å². The molecule has 1 rings (SSSR count). The summed E-state index contributed by atoms with van der Waals surface area (Å²) in [5.41, 5.74) is 0.518. The lowest BCUT2D eigenvalue weighted by molar-refractivity contribution is 0.0528. The number of hydrogen-bond donors (Lipinski definition) is 2. The highest BCUT2D eigenvalue weighted by Gasteiger charge is 2.15. The van der Waals surface area contributed by atoms with E-state index in [-0.39, 0.29) is 5.82 Å². The molecule has 1 amide bonds. The molecule has 0 unspecified atom stereocenters. The minimum atomic E-state index is -0.481. The van der Waals surface area contributed by atoms with Gasteiger partial charge in [0.2, 0.25) is 0 Å². The third-order valence-electron chi connectivity index (χ3n) is 2.21. The van der Waals surface area contributed by atoms with E-state index in [0.29, 0.717) is 19.6 Å². The number of ether oxygens (including phenoxy) is 1. The van der Waals surface area contributed by atoms with Crippen molar-refractivity contribution in [1.82, 2.24) is 10.6 Å². The Bertz CT molecular complexity index is 399. The molecule has 0 atom stereocenters. The third-order valence-corrected chi connectivity index (χ3v) is 2.21. The molecule has 0 heterocycles. The molecule has 1 aromatic rings. The zero-order chi connectivity index (χ0) is 14.3. The first-order valence-corrected chi connectivity index (χ1v) is 6.29. The van der Waals surface area contributed by atoms with Crippen LogP contribution < -0.4 is 10.6 Å². The van der Waals surface area contributed by atoms with Gasteiger partial charge in [-0.2, -0.15) is 0 Å². The summed E-state index contributed by atoms with van der Waals surface area (Å²) in [5, 5.41) is 5.80. The van der Waals surface area contributed by atoms with Crippen LogP contribution >= 0.6 is 0 Å². The Morgan fingerprint density at radius 1 is 1.21 bits per heavy atom. The summed E-state index contributed by atoms with van der Waals surface area (Å²) >= 11 is 0. The molecule has 0 aliphatic carbocycles. The van der Waals surface area contributed by atoms with Crippen LogP contribution in [0.2, 0.25) is 0 Å². The number of carbonyl (C=O) groups is 1. The zero-order valence-electron chi connectivity index (χ0n) is 11.6. The molecule has 0 aliphatic rings. The molecule has 0 fully saturated rings. The SMILES string of the molecule is CC(C)(C)OC(=O)NCCNCc1ccc(F)cc1. The second-order valence-corrected chi connectivity index (χ2v) is 5.23. The van der Waals surface area contributed by atoms with Gasteiger partial charge in [0.25, 0.3) is 0 Å². The number of carbonyl (C=O) groups excluding carboxylic acids is 1. The minimum absolute atomic E-state index is 0.240. The second-order valence-electron chi connectivity index (χ2n) is 5.23. The van der Waals surface area contributed by atoms with Crippen LogP contribution in [-0.4, -0.2) is 24.8 Å². The van der Waals surface area contributed by atoms with Gasteiger partial charge < -0.3 is 15.4 Å². The number of rotatable bonds is 5. The van der Waals surface area contributed by atoms with Gasteiger partial charge in [-0.05, 0) is 38.5 Å². The maximum Gasteiger partial charge on any atom is 0.407 e. The summed E-state index contributed by atoms with van der Waals surface area (Å²) in [6.45, 7) is 7.20. The fourth-order valence-corrected chi connectivity index (χ4v) is 1.40. The quantitative estimate of drug-likeness (QED) is 0.806. The Hall–Kier alpha value is -1.62. The summed E-state index contributed by atoms with van der Waals surface area (Å²) in [4.78, 5) is 11.3. The molecule has 0 saturated heterocycles. The minimum Gasteiger partial charge on any atom is -0.444 e. The summed E-state index contributed by atoms with van der Waals surface area (Å²) in [6.07, 6.45) is -0.420. The van der Waals surface area contributed by atoms with Gasteiger partial charge in [-0.25, -0.2) is 9.18 Å². The van der Waals surface area contributed by atoms with Crippen molar-refractivity contribution in [2.24, 2.45) is 0 Å². The predicted molar refractivity (Wildman–Crippen MR) is 72.3 cm³/mol. The largest absolute Gasteiger partial charge is 0.444 e. The lowest BCUT2D eigenvalue weighted by Crippen LogP contribution is -2.36. The molecule has 4 nitrogen and oxygen atoms in total. The number of halogens is 1. The van der Waals surface area contributed by atoms with E-state index in [1.807, 2.05) is 20.8 Å². The molecule has 19 heavy (non-hydrogen) atoms. The van der Waals surface area contributed by atoms with Gasteiger partial charge in [-0.15, -0.1) is 0 Å².